The second kappa shape index (κ2) is 13.0. The van der Waals surface area contributed by atoms with Gasteiger partial charge < -0.3 is 19.5 Å². The van der Waals surface area contributed by atoms with Gasteiger partial charge in [0.2, 0.25) is 0 Å². The van der Waals surface area contributed by atoms with Crippen molar-refractivity contribution in [2.24, 2.45) is 0 Å². The van der Waals surface area contributed by atoms with Crippen molar-refractivity contribution >= 4 is 11.8 Å². The molecule has 0 radical (unpaired) electrons. The molecule has 0 saturated heterocycles. The maximum absolute atomic E-state index is 9.48. The van der Waals surface area contributed by atoms with Gasteiger partial charge in [-0.2, -0.15) is 0 Å². The summed E-state index contributed by atoms with van der Waals surface area (Å²) in [6.07, 6.45) is 1.21. The van der Waals surface area contributed by atoms with Crippen molar-refractivity contribution in [3.8, 4) is 17.2 Å². The SMILES string of the molecule is CCCN(CC)CCOc1ccccc1.Oc1ccc2c(c1)S[C@H](c1ccccc1)CO2. The summed E-state index contributed by atoms with van der Waals surface area (Å²) >= 11 is 1.74. The van der Waals surface area contributed by atoms with Crippen molar-refractivity contribution in [2.45, 2.75) is 30.4 Å². The highest BCUT2D eigenvalue weighted by molar-refractivity contribution is 7.99. The molecule has 1 N–H and O–H groups in total. The molecule has 0 aliphatic carbocycles. The molecular formula is C27H33NO3S. The Balaban J connectivity index is 0.000000183. The zero-order valence-electron chi connectivity index (χ0n) is 18.9. The van der Waals surface area contributed by atoms with E-state index in [2.05, 4.69) is 30.9 Å². The van der Waals surface area contributed by atoms with Crippen LogP contribution >= 0.6 is 11.8 Å². The van der Waals surface area contributed by atoms with Crippen molar-refractivity contribution in [1.29, 1.82) is 0 Å². The number of likely N-dealkylation sites (N-methyl/N-ethyl adjacent to an activating group) is 1. The van der Waals surface area contributed by atoms with E-state index in [0.717, 1.165) is 42.6 Å². The van der Waals surface area contributed by atoms with Crippen molar-refractivity contribution < 1.29 is 14.6 Å². The number of rotatable bonds is 8. The predicted molar refractivity (Wildman–Crippen MR) is 133 cm³/mol. The predicted octanol–water partition coefficient (Wildman–Crippen LogP) is 6.42. The third-order valence-electron chi connectivity index (χ3n) is 5.16. The van der Waals surface area contributed by atoms with Gasteiger partial charge in [0.05, 0.1) is 10.1 Å². The minimum atomic E-state index is 0.286. The molecular weight excluding hydrogens is 418 g/mol. The maximum atomic E-state index is 9.48. The molecule has 0 fully saturated rings. The van der Waals surface area contributed by atoms with E-state index in [4.69, 9.17) is 9.47 Å². The van der Waals surface area contributed by atoms with Crippen LogP contribution in [0.4, 0.5) is 0 Å². The van der Waals surface area contributed by atoms with Gasteiger partial charge >= 0.3 is 0 Å². The Bertz CT molecular complexity index is 921. The van der Waals surface area contributed by atoms with Crippen molar-refractivity contribution in [3.05, 3.63) is 84.4 Å². The third kappa shape index (κ3) is 7.50. The molecule has 1 aliphatic heterocycles. The van der Waals surface area contributed by atoms with Gasteiger partial charge in [0.1, 0.15) is 30.5 Å². The highest BCUT2D eigenvalue weighted by atomic mass is 32.2. The summed E-state index contributed by atoms with van der Waals surface area (Å²) in [7, 11) is 0. The molecule has 1 atom stereocenters. The normalized spacial score (nSPS) is 14.7. The molecule has 0 aromatic heterocycles. The van der Waals surface area contributed by atoms with E-state index in [1.165, 1.54) is 12.0 Å². The van der Waals surface area contributed by atoms with Crippen molar-refractivity contribution in [3.63, 3.8) is 0 Å². The number of phenols is 1. The summed E-state index contributed by atoms with van der Waals surface area (Å²) in [6, 6.07) is 25.5. The number of ether oxygens (including phenoxy) is 2. The minimum absolute atomic E-state index is 0.286. The zero-order chi connectivity index (χ0) is 22.6. The number of nitrogens with zero attached hydrogens (tertiary/aromatic N) is 1. The number of hydrogen-bond donors (Lipinski definition) is 1. The number of benzene rings is 3. The fraction of sp³-hybridized carbons (Fsp3) is 0.333. The van der Waals surface area contributed by atoms with Crippen LogP contribution in [0.25, 0.3) is 0 Å². The van der Waals surface area contributed by atoms with Gasteiger partial charge in [0.25, 0.3) is 0 Å². The van der Waals surface area contributed by atoms with Gasteiger partial charge in [0.15, 0.2) is 0 Å². The average molecular weight is 452 g/mol. The Morgan fingerprint density at radius 3 is 2.38 bits per heavy atom. The molecule has 0 saturated carbocycles. The second-order valence-corrected chi connectivity index (χ2v) is 8.80. The van der Waals surface area contributed by atoms with Crippen LogP contribution in [0.5, 0.6) is 17.2 Å². The lowest BCUT2D eigenvalue weighted by Gasteiger charge is -2.25. The molecule has 32 heavy (non-hydrogen) atoms. The fourth-order valence-corrected chi connectivity index (χ4v) is 4.61. The van der Waals surface area contributed by atoms with Crippen LogP contribution < -0.4 is 9.47 Å². The molecule has 4 nitrogen and oxygen atoms in total. The monoisotopic (exact) mass is 451 g/mol. The Labute approximate surface area is 196 Å². The summed E-state index contributed by atoms with van der Waals surface area (Å²) < 4.78 is 11.4. The lowest BCUT2D eigenvalue weighted by atomic mass is 10.1. The Hall–Kier alpha value is -2.63. The molecule has 0 unspecified atom stereocenters. The standard InChI is InChI=1S/C14H12O2S.C13H21NO/c15-11-6-7-12-13(8-11)17-14(9-16-12)10-4-2-1-3-5-10;1-3-10-14(4-2)11-12-15-13-8-6-5-7-9-13/h1-8,14-15H,9H2;5-9H,3-4,10-12H2,1-2H3/t14-;/m0./s1. The highest BCUT2D eigenvalue weighted by Crippen LogP contribution is 2.45. The van der Waals surface area contributed by atoms with Gasteiger partial charge in [-0.15, -0.1) is 11.8 Å². The van der Waals surface area contributed by atoms with E-state index in [-0.39, 0.29) is 5.75 Å². The molecule has 170 valence electrons. The van der Waals surface area contributed by atoms with Crippen LogP contribution in [0.15, 0.2) is 83.8 Å². The summed E-state index contributed by atoms with van der Waals surface area (Å²) in [5.74, 6) is 2.11. The quantitative estimate of drug-likeness (QED) is 0.428. The Kier molecular flexibility index (Phi) is 9.79. The lowest BCUT2D eigenvalue weighted by Crippen LogP contribution is -2.28. The number of para-hydroxylation sites is 1. The van der Waals surface area contributed by atoms with Gasteiger partial charge in [-0.05, 0) is 55.4 Å². The van der Waals surface area contributed by atoms with Crippen LogP contribution in [0, 0.1) is 0 Å². The largest absolute Gasteiger partial charge is 0.508 e. The maximum Gasteiger partial charge on any atom is 0.133 e. The first-order valence-corrected chi connectivity index (χ1v) is 12.1. The fourth-order valence-electron chi connectivity index (χ4n) is 3.45. The first kappa shape index (κ1) is 24.0. The van der Waals surface area contributed by atoms with Crippen LogP contribution in [0.2, 0.25) is 0 Å². The van der Waals surface area contributed by atoms with E-state index in [0.29, 0.717) is 11.9 Å². The van der Waals surface area contributed by atoms with Crippen molar-refractivity contribution in [2.75, 3.05) is 32.8 Å². The summed E-state index contributed by atoms with van der Waals surface area (Å²) in [5.41, 5.74) is 1.26. The van der Waals surface area contributed by atoms with Gasteiger partial charge in [-0.3, -0.25) is 0 Å². The second-order valence-electron chi connectivity index (χ2n) is 7.55. The zero-order valence-corrected chi connectivity index (χ0v) is 19.8. The average Bonchev–Trinajstić information content (AvgIpc) is 2.84. The molecule has 1 aliphatic rings. The molecule has 3 aromatic carbocycles. The molecule has 1 heterocycles. The van der Waals surface area contributed by atoms with Gasteiger partial charge in [-0.1, -0.05) is 62.4 Å². The topological polar surface area (TPSA) is 41.9 Å². The van der Waals surface area contributed by atoms with E-state index < -0.39 is 0 Å². The first-order valence-electron chi connectivity index (χ1n) is 11.3. The lowest BCUT2D eigenvalue weighted by molar-refractivity contribution is 0.216. The summed E-state index contributed by atoms with van der Waals surface area (Å²) in [5, 5.41) is 9.77. The third-order valence-corrected chi connectivity index (χ3v) is 6.43. The van der Waals surface area contributed by atoms with Crippen LogP contribution in [-0.2, 0) is 0 Å². The smallest absolute Gasteiger partial charge is 0.133 e. The van der Waals surface area contributed by atoms with Gasteiger partial charge in [-0.25, -0.2) is 0 Å². The van der Waals surface area contributed by atoms with Crippen LogP contribution in [0.3, 0.4) is 0 Å². The van der Waals surface area contributed by atoms with E-state index in [1.807, 2.05) is 54.6 Å². The van der Waals surface area contributed by atoms with Crippen LogP contribution in [0.1, 0.15) is 31.1 Å². The first-order chi connectivity index (χ1) is 15.7. The molecule has 4 rings (SSSR count). The Morgan fingerprint density at radius 1 is 0.969 bits per heavy atom. The van der Waals surface area contributed by atoms with Crippen LogP contribution in [-0.4, -0.2) is 42.9 Å². The minimum Gasteiger partial charge on any atom is -0.508 e. The summed E-state index contributed by atoms with van der Waals surface area (Å²) in [4.78, 5) is 3.41. The number of phenolic OH excluding ortho intramolecular Hbond substituents is 1. The molecule has 5 heteroatoms. The van der Waals surface area contributed by atoms with E-state index in [9.17, 15) is 5.11 Å². The summed E-state index contributed by atoms with van der Waals surface area (Å²) in [6.45, 7) is 9.13. The van der Waals surface area contributed by atoms with E-state index >= 15 is 0 Å². The van der Waals surface area contributed by atoms with E-state index in [1.54, 1.807) is 23.9 Å². The number of fused-ring (bicyclic) bond motifs is 1. The number of hydrogen-bond acceptors (Lipinski definition) is 5. The molecule has 0 spiro atoms. The van der Waals surface area contributed by atoms with Crippen molar-refractivity contribution in [1.82, 2.24) is 4.90 Å². The number of aromatic hydroxyl groups is 1. The van der Waals surface area contributed by atoms with Gasteiger partial charge in [0, 0.05) is 6.54 Å². The Morgan fingerprint density at radius 2 is 1.69 bits per heavy atom. The molecule has 0 amide bonds. The highest BCUT2D eigenvalue weighted by Gasteiger charge is 2.22. The molecule has 3 aromatic rings. The molecule has 0 bridgehead atoms. The number of thioether (sulfide) groups is 1.